The highest BCUT2D eigenvalue weighted by molar-refractivity contribution is 7.79. The van der Waals surface area contributed by atoms with Crippen LogP contribution in [0.3, 0.4) is 0 Å². The van der Waals surface area contributed by atoms with Crippen molar-refractivity contribution < 1.29 is 17.5 Å². The van der Waals surface area contributed by atoms with Crippen molar-refractivity contribution in [2.75, 3.05) is 26.2 Å². The Morgan fingerprint density at radius 1 is 1.39 bits per heavy atom. The Hall–Kier alpha value is -0.900. The van der Waals surface area contributed by atoms with Gasteiger partial charge in [0.2, 0.25) is 0 Å². The van der Waals surface area contributed by atoms with Gasteiger partial charge in [0, 0.05) is 13.1 Å². The molecule has 0 amide bonds. The monoisotopic (exact) mass is 282 g/mol. The van der Waals surface area contributed by atoms with Gasteiger partial charge in [-0.25, -0.2) is 0 Å². The van der Waals surface area contributed by atoms with Gasteiger partial charge in [-0.3, -0.25) is 14.1 Å². The Morgan fingerprint density at radius 2 is 1.89 bits per heavy atom. The molecular formula is C9H22N4O4S. The summed E-state index contributed by atoms with van der Waals surface area (Å²) in [6.07, 6.45) is 1.27. The van der Waals surface area contributed by atoms with Crippen molar-refractivity contribution in [1.82, 2.24) is 4.90 Å². The predicted octanol–water partition coefficient (Wildman–Crippen LogP) is -0.661. The molecule has 0 aromatic rings. The first-order valence-electron chi connectivity index (χ1n) is 5.47. The van der Waals surface area contributed by atoms with Gasteiger partial charge in [-0.15, -0.1) is 0 Å². The third-order valence-corrected chi connectivity index (χ3v) is 2.47. The molecule has 1 heterocycles. The van der Waals surface area contributed by atoms with Gasteiger partial charge in [0.1, 0.15) is 0 Å². The Balaban J connectivity index is 0.000000494. The van der Waals surface area contributed by atoms with Gasteiger partial charge in [-0.1, -0.05) is 13.8 Å². The van der Waals surface area contributed by atoms with Gasteiger partial charge in [-0.05, 0) is 18.4 Å². The summed E-state index contributed by atoms with van der Waals surface area (Å²) in [6, 6.07) is 0. The van der Waals surface area contributed by atoms with Crippen LogP contribution in [0.2, 0.25) is 0 Å². The van der Waals surface area contributed by atoms with E-state index in [1.807, 2.05) is 0 Å². The second kappa shape index (κ2) is 6.88. The van der Waals surface area contributed by atoms with Crippen LogP contribution in [0.5, 0.6) is 0 Å². The first-order chi connectivity index (χ1) is 7.99. The molecule has 0 aromatic carbocycles. The van der Waals surface area contributed by atoms with Gasteiger partial charge < -0.3 is 16.4 Å². The normalized spacial score (nSPS) is 18.9. The van der Waals surface area contributed by atoms with Crippen LogP contribution < -0.4 is 11.5 Å². The van der Waals surface area contributed by atoms with E-state index in [0.29, 0.717) is 5.41 Å². The second-order valence-corrected chi connectivity index (χ2v) is 5.84. The number of hydrogen-bond acceptors (Lipinski definition) is 4. The molecule has 1 rings (SSSR count). The molecule has 0 unspecified atom stereocenters. The molecule has 8 nitrogen and oxygen atoms in total. The van der Waals surface area contributed by atoms with Gasteiger partial charge in [0.05, 0.1) is 6.54 Å². The second-order valence-electron chi connectivity index (χ2n) is 4.94. The smallest absolute Gasteiger partial charge is 0.370 e. The summed E-state index contributed by atoms with van der Waals surface area (Å²) in [6.45, 7) is 8.63. The maximum absolute atomic E-state index is 8.74. The Labute approximate surface area is 108 Å². The maximum Gasteiger partial charge on any atom is 0.394 e. The highest BCUT2D eigenvalue weighted by Crippen LogP contribution is 2.28. The zero-order valence-corrected chi connectivity index (χ0v) is 11.5. The summed E-state index contributed by atoms with van der Waals surface area (Å²) in [5.74, 6) is 0.193. The van der Waals surface area contributed by atoms with Crippen molar-refractivity contribution in [3.05, 3.63) is 0 Å². The molecule has 0 aliphatic carbocycles. The standard InChI is InChI=1S/C9H20N4.H2O4S/c1-9(2)3-5-13(7-9)6-4-12-8(10)11;1-5(2,3)4/h3-7H2,1-2H3,(H4,10,11,12);(H2,1,2,3,4). The van der Waals surface area contributed by atoms with Crippen LogP contribution in [0.15, 0.2) is 4.99 Å². The zero-order chi connectivity index (χ0) is 14.4. The molecule has 108 valence electrons. The van der Waals surface area contributed by atoms with Crippen molar-refractivity contribution >= 4 is 16.4 Å². The summed E-state index contributed by atoms with van der Waals surface area (Å²) >= 11 is 0. The first-order valence-corrected chi connectivity index (χ1v) is 6.87. The van der Waals surface area contributed by atoms with E-state index >= 15 is 0 Å². The maximum atomic E-state index is 8.74. The van der Waals surface area contributed by atoms with Crippen molar-refractivity contribution in [2.45, 2.75) is 20.3 Å². The minimum Gasteiger partial charge on any atom is -0.370 e. The lowest BCUT2D eigenvalue weighted by Crippen LogP contribution is -2.28. The van der Waals surface area contributed by atoms with Gasteiger partial charge in [-0.2, -0.15) is 8.42 Å². The largest absolute Gasteiger partial charge is 0.394 e. The Kier molecular flexibility index (Phi) is 6.54. The molecule has 0 bridgehead atoms. The summed E-state index contributed by atoms with van der Waals surface area (Å²) < 4.78 is 31.6. The number of likely N-dealkylation sites (tertiary alicyclic amines) is 1. The Bertz CT molecular complexity index is 368. The molecule has 0 saturated carbocycles. The van der Waals surface area contributed by atoms with Gasteiger partial charge >= 0.3 is 10.4 Å². The van der Waals surface area contributed by atoms with E-state index < -0.39 is 10.4 Å². The molecule has 1 aliphatic rings. The van der Waals surface area contributed by atoms with Crippen LogP contribution in [0.4, 0.5) is 0 Å². The predicted molar refractivity (Wildman–Crippen MR) is 69.7 cm³/mol. The molecule has 1 aliphatic heterocycles. The third-order valence-electron chi connectivity index (χ3n) is 2.47. The van der Waals surface area contributed by atoms with Crippen molar-refractivity contribution in [1.29, 1.82) is 0 Å². The van der Waals surface area contributed by atoms with Gasteiger partial charge in [0.25, 0.3) is 0 Å². The van der Waals surface area contributed by atoms with Crippen LogP contribution >= 0.6 is 0 Å². The fourth-order valence-electron chi connectivity index (χ4n) is 1.74. The quantitative estimate of drug-likeness (QED) is 0.305. The van der Waals surface area contributed by atoms with Crippen molar-refractivity contribution in [3.63, 3.8) is 0 Å². The highest BCUT2D eigenvalue weighted by Gasteiger charge is 2.28. The summed E-state index contributed by atoms with van der Waals surface area (Å²) in [5, 5.41) is 0. The number of nitrogens with two attached hydrogens (primary N) is 2. The summed E-state index contributed by atoms with van der Waals surface area (Å²) in [7, 11) is -4.67. The lowest BCUT2D eigenvalue weighted by atomic mass is 9.93. The van der Waals surface area contributed by atoms with Crippen LogP contribution in [-0.2, 0) is 10.4 Å². The minimum absolute atomic E-state index is 0.193. The van der Waals surface area contributed by atoms with E-state index in [1.165, 1.54) is 13.0 Å². The van der Waals surface area contributed by atoms with Crippen LogP contribution in [0.25, 0.3) is 0 Å². The Morgan fingerprint density at radius 3 is 2.22 bits per heavy atom. The lowest BCUT2D eigenvalue weighted by molar-refractivity contribution is 0.298. The number of aliphatic imine (C=N–C) groups is 1. The third kappa shape index (κ3) is 11.6. The van der Waals surface area contributed by atoms with Crippen molar-refractivity contribution in [2.24, 2.45) is 21.9 Å². The minimum atomic E-state index is -4.67. The van der Waals surface area contributed by atoms with Crippen LogP contribution in [-0.4, -0.2) is 54.6 Å². The molecule has 0 aromatic heterocycles. The van der Waals surface area contributed by atoms with Crippen LogP contribution in [0.1, 0.15) is 20.3 Å². The SMILES string of the molecule is CC1(C)CCN(CCN=C(N)N)C1.O=S(=O)(O)O. The van der Waals surface area contributed by atoms with E-state index in [4.69, 9.17) is 29.0 Å². The fourth-order valence-corrected chi connectivity index (χ4v) is 1.74. The lowest BCUT2D eigenvalue weighted by Gasteiger charge is -2.18. The molecular weight excluding hydrogens is 260 g/mol. The number of guanidine groups is 1. The molecule has 1 saturated heterocycles. The molecule has 0 spiro atoms. The van der Waals surface area contributed by atoms with E-state index in [1.54, 1.807) is 0 Å². The molecule has 0 radical (unpaired) electrons. The highest BCUT2D eigenvalue weighted by atomic mass is 32.3. The molecule has 6 N–H and O–H groups in total. The van der Waals surface area contributed by atoms with E-state index in [-0.39, 0.29) is 5.96 Å². The van der Waals surface area contributed by atoms with Crippen LogP contribution in [0, 0.1) is 5.41 Å². The fraction of sp³-hybridized carbons (Fsp3) is 0.889. The number of rotatable bonds is 3. The average molecular weight is 282 g/mol. The topological polar surface area (TPSA) is 142 Å². The van der Waals surface area contributed by atoms with Crippen molar-refractivity contribution in [3.8, 4) is 0 Å². The molecule has 1 fully saturated rings. The molecule has 0 atom stereocenters. The average Bonchev–Trinajstić information content (AvgIpc) is 2.42. The van der Waals surface area contributed by atoms with Gasteiger partial charge in [0.15, 0.2) is 5.96 Å². The van der Waals surface area contributed by atoms with E-state index in [9.17, 15) is 0 Å². The number of hydrogen-bond donors (Lipinski definition) is 4. The summed E-state index contributed by atoms with van der Waals surface area (Å²) in [4.78, 5) is 6.38. The molecule has 18 heavy (non-hydrogen) atoms. The molecule has 9 heteroatoms. The van der Waals surface area contributed by atoms with E-state index in [0.717, 1.165) is 19.6 Å². The van der Waals surface area contributed by atoms with E-state index in [2.05, 4.69) is 23.7 Å². The zero-order valence-electron chi connectivity index (χ0n) is 10.7. The number of nitrogens with zero attached hydrogens (tertiary/aromatic N) is 2. The summed E-state index contributed by atoms with van der Waals surface area (Å²) in [5.41, 5.74) is 10.9. The first kappa shape index (κ1) is 17.1.